The summed E-state index contributed by atoms with van der Waals surface area (Å²) in [6.07, 6.45) is 5.52. The molecule has 26 heavy (non-hydrogen) atoms. The van der Waals surface area contributed by atoms with E-state index in [1.807, 2.05) is 0 Å². The van der Waals surface area contributed by atoms with E-state index in [0.29, 0.717) is 24.5 Å². The van der Waals surface area contributed by atoms with E-state index in [1.54, 1.807) is 31.2 Å². The van der Waals surface area contributed by atoms with Crippen molar-refractivity contribution in [2.75, 3.05) is 20.3 Å². The highest BCUT2D eigenvalue weighted by Gasteiger charge is 2.30. The first-order valence-corrected chi connectivity index (χ1v) is 9.14. The van der Waals surface area contributed by atoms with E-state index in [0.717, 1.165) is 25.7 Å². The van der Waals surface area contributed by atoms with Gasteiger partial charge in [0.25, 0.3) is 5.91 Å². The molecule has 1 amide bonds. The van der Waals surface area contributed by atoms with Crippen LogP contribution in [0.2, 0.25) is 0 Å². The second kappa shape index (κ2) is 10.5. The molecule has 1 fully saturated rings. The predicted molar refractivity (Wildman–Crippen MR) is 99.8 cm³/mol. The van der Waals surface area contributed by atoms with Gasteiger partial charge in [0.1, 0.15) is 12.4 Å². The van der Waals surface area contributed by atoms with Crippen molar-refractivity contribution in [2.24, 2.45) is 11.8 Å². The van der Waals surface area contributed by atoms with E-state index in [1.165, 1.54) is 13.5 Å². The lowest BCUT2D eigenvalue weighted by molar-refractivity contribution is -0.147. The minimum Gasteiger partial charge on any atom is -0.481 e. The van der Waals surface area contributed by atoms with Crippen LogP contribution < -0.4 is 10.1 Å². The first-order valence-electron chi connectivity index (χ1n) is 9.14. The number of carbonyl (C=O) groups excluding carboxylic acids is 2. The third-order valence-corrected chi connectivity index (χ3v) is 4.81. The van der Waals surface area contributed by atoms with Gasteiger partial charge in [-0.1, -0.05) is 25.2 Å². The molecule has 1 aliphatic rings. The maximum Gasteiger partial charge on any atom is 0.310 e. The molecule has 1 aromatic rings. The molecule has 1 aliphatic carbocycles. The van der Waals surface area contributed by atoms with Gasteiger partial charge in [-0.15, -0.1) is 5.92 Å². The Hall–Kier alpha value is -2.48. The van der Waals surface area contributed by atoms with Crippen molar-refractivity contribution in [1.29, 1.82) is 0 Å². The quantitative estimate of drug-likeness (QED) is 0.601. The largest absolute Gasteiger partial charge is 0.481 e. The summed E-state index contributed by atoms with van der Waals surface area (Å²) in [6, 6.07) is 6.89. The molecule has 0 radical (unpaired) electrons. The number of hydrogen-bond donors (Lipinski definition) is 1. The lowest BCUT2D eigenvalue weighted by Crippen LogP contribution is -2.38. The van der Waals surface area contributed by atoms with Gasteiger partial charge in [0.15, 0.2) is 0 Å². The van der Waals surface area contributed by atoms with E-state index in [9.17, 15) is 9.59 Å². The summed E-state index contributed by atoms with van der Waals surface area (Å²) in [7, 11) is 1.40. The number of benzene rings is 1. The smallest absolute Gasteiger partial charge is 0.310 e. The van der Waals surface area contributed by atoms with Gasteiger partial charge in [0.2, 0.25) is 0 Å². The first-order chi connectivity index (χ1) is 12.7. The van der Waals surface area contributed by atoms with Crippen molar-refractivity contribution in [1.82, 2.24) is 5.32 Å². The fourth-order valence-corrected chi connectivity index (χ4v) is 3.33. The van der Waals surface area contributed by atoms with Crippen LogP contribution in [0, 0.1) is 23.7 Å². The van der Waals surface area contributed by atoms with Crippen LogP contribution in [0.4, 0.5) is 0 Å². The molecule has 1 atom stereocenters. The summed E-state index contributed by atoms with van der Waals surface area (Å²) in [5, 5.41) is 2.88. The average Bonchev–Trinajstić information content (AvgIpc) is 2.69. The third-order valence-electron chi connectivity index (χ3n) is 4.81. The topological polar surface area (TPSA) is 64.6 Å². The minimum absolute atomic E-state index is 0.199. The van der Waals surface area contributed by atoms with Gasteiger partial charge in [-0.05, 0) is 49.9 Å². The van der Waals surface area contributed by atoms with Crippen LogP contribution in [0.15, 0.2) is 24.3 Å². The summed E-state index contributed by atoms with van der Waals surface area (Å²) < 4.78 is 10.4. The lowest BCUT2D eigenvalue weighted by atomic mass is 9.80. The zero-order chi connectivity index (χ0) is 18.8. The number of rotatable bonds is 7. The maximum absolute atomic E-state index is 12.4. The summed E-state index contributed by atoms with van der Waals surface area (Å²) in [5.74, 6) is 5.81. The second-order valence-corrected chi connectivity index (χ2v) is 6.48. The van der Waals surface area contributed by atoms with Crippen LogP contribution >= 0.6 is 0 Å². The number of amides is 1. The summed E-state index contributed by atoms with van der Waals surface area (Å²) >= 11 is 0. The van der Waals surface area contributed by atoms with Crippen molar-refractivity contribution in [3.8, 4) is 17.6 Å². The van der Waals surface area contributed by atoms with Crippen LogP contribution in [0.25, 0.3) is 0 Å². The van der Waals surface area contributed by atoms with Gasteiger partial charge < -0.3 is 14.8 Å². The summed E-state index contributed by atoms with van der Waals surface area (Å²) in [6.45, 7) is 2.39. The van der Waals surface area contributed by atoms with E-state index < -0.39 is 0 Å². The zero-order valence-electron chi connectivity index (χ0n) is 15.5. The molecule has 1 N–H and O–H groups in total. The molecule has 0 saturated heterocycles. The van der Waals surface area contributed by atoms with E-state index in [2.05, 4.69) is 17.2 Å². The number of methoxy groups -OCH3 is 1. The fourth-order valence-electron chi connectivity index (χ4n) is 3.33. The monoisotopic (exact) mass is 357 g/mol. The van der Waals surface area contributed by atoms with Gasteiger partial charge in [-0.3, -0.25) is 9.59 Å². The van der Waals surface area contributed by atoms with Gasteiger partial charge in [0, 0.05) is 12.1 Å². The molecular weight excluding hydrogens is 330 g/mol. The van der Waals surface area contributed by atoms with E-state index in [-0.39, 0.29) is 23.7 Å². The van der Waals surface area contributed by atoms with E-state index in [4.69, 9.17) is 9.47 Å². The molecule has 0 unspecified atom stereocenters. The van der Waals surface area contributed by atoms with Crippen molar-refractivity contribution < 1.29 is 19.1 Å². The lowest BCUT2D eigenvalue weighted by Gasteiger charge is -2.28. The van der Waals surface area contributed by atoms with E-state index >= 15 is 0 Å². The third kappa shape index (κ3) is 5.80. The number of carbonyl (C=O) groups is 2. The molecule has 5 heteroatoms. The maximum atomic E-state index is 12.4. The van der Waals surface area contributed by atoms with Gasteiger partial charge in [0.05, 0.1) is 13.0 Å². The molecule has 140 valence electrons. The van der Waals surface area contributed by atoms with Crippen molar-refractivity contribution >= 4 is 11.9 Å². The zero-order valence-corrected chi connectivity index (χ0v) is 15.5. The average molecular weight is 357 g/mol. The number of esters is 1. The number of ether oxygens (including phenoxy) is 2. The van der Waals surface area contributed by atoms with Gasteiger partial charge in [-0.2, -0.15) is 0 Å². The minimum atomic E-state index is -0.278. The van der Waals surface area contributed by atoms with Crippen LogP contribution in [-0.4, -0.2) is 32.1 Å². The molecule has 5 nitrogen and oxygen atoms in total. The van der Waals surface area contributed by atoms with Crippen LogP contribution in [0.1, 0.15) is 49.4 Å². The highest BCUT2D eigenvalue weighted by molar-refractivity contribution is 5.94. The van der Waals surface area contributed by atoms with Crippen LogP contribution in [0.5, 0.6) is 5.75 Å². The molecule has 0 bridgehead atoms. The highest BCUT2D eigenvalue weighted by atomic mass is 16.5. The predicted octanol–water partition coefficient (Wildman–Crippen LogP) is 3.19. The van der Waals surface area contributed by atoms with Crippen LogP contribution in [0.3, 0.4) is 0 Å². The number of nitrogens with one attached hydrogen (secondary N) is 1. The highest BCUT2D eigenvalue weighted by Crippen LogP contribution is 2.30. The Morgan fingerprint density at radius 3 is 2.50 bits per heavy atom. The molecule has 2 rings (SSSR count). The second-order valence-electron chi connectivity index (χ2n) is 6.48. The Morgan fingerprint density at radius 1 is 1.19 bits per heavy atom. The normalized spacial score (nSPS) is 15.3. The summed E-state index contributed by atoms with van der Waals surface area (Å²) in [4.78, 5) is 24.5. The van der Waals surface area contributed by atoms with Crippen molar-refractivity contribution in [3.63, 3.8) is 0 Å². The Balaban J connectivity index is 1.91. The molecule has 0 aromatic heterocycles. The molecule has 0 spiro atoms. The standard InChI is InChI=1S/C21H27NO4/c1-3-4-14-26-18-12-10-17(11-13-18)20(23)22-15-19(21(24)25-2)16-8-6-5-7-9-16/h10-13,16,19H,5-9,14-15H2,1-2H3,(H,22,23)/t19-/m1/s1. The van der Waals surface area contributed by atoms with Gasteiger partial charge in [-0.25, -0.2) is 0 Å². The Morgan fingerprint density at radius 2 is 1.88 bits per heavy atom. The molecule has 0 heterocycles. The molecule has 1 aromatic carbocycles. The van der Waals surface area contributed by atoms with Gasteiger partial charge >= 0.3 is 5.97 Å². The Bertz CT molecular complexity index is 651. The molecule has 1 saturated carbocycles. The summed E-state index contributed by atoms with van der Waals surface area (Å²) in [5.41, 5.74) is 0.534. The van der Waals surface area contributed by atoms with Crippen molar-refractivity contribution in [2.45, 2.75) is 39.0 Å². The Labute approximate surface area is 155 Å². The first kappa shape index (κ1) is 19.8. The van der Waals surface area contributed by atoms with Crippen molar-refractivity contribution in [3.05, 3.63) is 29.8 Å². The SMILES string of the molecule is CC#CCOc1ccc(C(=O)NC[C@@H](C(=O)OC)C2CCCCC2)cc1. The van der Waals surface area contributed by atoms with Crippen LogP contribution in [-0.2, 0) is 9.53 Å². The molecular formula is C21H27NO4. The Kier molecular flexibility index (Phi) is 8.01. The fraction of sp³-hybridized carbons (Fsp3) is 0.524. The molecule has 0 aliphatic heterocycles. The number of hydrogen-bond acceptors (Lipinski definition) is 4.